The average Bonchev–Trinajstić information content (AvgIpc) is 2.14. The maximum atomic E-state index is 10.2. The number of unbranched alkanes of at least 4 members (excludes halogenated alkanes) is 2. The third kappa shape index (κ3) is 4.07. The van der Waals surface area contributed by atoms with Gasteiger partial charge in [-0.2, -0.15) is 0 Å². The summed E-state index contributed by atoms with van der Waals surface area (Å²) in [6, 6.07) is 0. The zero-order chi connectivity index (χ0) is 8.65. The number of hydrogen-bond donors (Lipinski definition) is 0. The van der Waals surface area contributed by atoms with E-state index in [0.29, 0.717) is 0 Å². The Morgan fingerprint density at radius 1 is 0.917 bits per heavy atom. The zero-order valence-corrected chi connectivity index (χ0v) is 7.93. The van der Waals surface area contributed by atoms with Crippen LogP contribution >= 0.6 is 0 Å². The molecule has 0 saturated carbocycles. The summed E-state index contributed by atoms with van der Waals surface area (Å²) in [5.74, 6) is 0. The fourth-order valence-electron chi connectivity index (χ4n) is 1.80. The van der Waals surface area contributed by atoms with Crippen LogP contribution in [0.3, 0.4) is 0 Å². The van der Waals surface area contributed by atoms with E-state index in [1.54, 1.807) is 0 Å². The molecule has 0 aromatic heterocycles. The fourth-order valence-corrected chi connectivity index (χ4v) is 1.80. The van der Waals surface area contributed by atoms with E-state index in [1.807, 2.05) is 0 Å². The number of rotatable bonds is 5. The van der Waals surface area contributed by atoms with Crippen molar-refractivity contribution in [2.24, 2.45) is 0 Å². The fraction of sp³-hybridized carbons (Fsp3) is 1.00. The lowest BCUT2D eigenvalue weighted by molar-refractivity contribution is -0.368. The summed E-state index contributed by atoms with van der Waals surface area (Å²) in [5, 5.41) is 10.2. The molecular weight excluding hydrogens is 150 g/mol. The zero-order valence-electron chi connectivity index (χ0n) is 7.93. The molecule has 0 spiro atoms. The van der Waals surface area contributed by atoms with Gasteiger partial charge < -0.3 is 10.0 Å². The largest absolute Gasteiger partial charge is 0.854 e. The summed E-state index contributed by atoms with van der Waals surface area (Å²) in [6.07, 6.45) is 7.39. The van der Waals surface area contributed by atoms with Gasteiger partial charge in [0.1, 0.15) is 0 Å². The van der Waals surface area contributed by atoms with Gasteiger partial charge in [-0.05, 0) is 38.9 Å². The quantitative estimate of drug-likeness (QED) is 0.575. The van der Waals surface area contributed by atoms with Gasteiger partial charge in [0.15, 0.2) is 0 Å². The summed E-state index contributed by atoms with van der Waals surface area (Å²) < 4.78 is 0. The van der Waals surface area contributed by atoms with Gasteiger partial charge in [-0.25, -0.2) is 0 Å². The van der Waals surface area contributed by atoms with E-state index in [1.165, 1.54) is 45.3 Å². The molecule has 0 amide bonds. The first-order valence-corrected chi connectivity index (χ1v) is 5.24. The van der Waals surface area contributed by atoms with Crippen LogP contribution in [-0.4, -0.2) is 31.1 Å². The smallest absolute Gasteiger partial charge is 0.00187 e. The van der Waals surface area contributed by atoms with E-state index in [2.05, 4.69) is 4.90 Å². The second-order valence-corrected chi connectivity index (χ2v) is 3.67. The molecule has 0 bridgehead atoms. The van der Waals surface area contributed by atoms with E-state index < -0.39 is 0 Å². The molecule has 1 aliphatic rings. The van der Waals surface area contributed by atoms with Crippen molar-refractivity contribution < 1.29 is 5.11 Å². The topological polar surface area (TPSA) is 26.3 Å². The Labute approximate surface area is 75.6 Å². The highest BCUT2D eigenvalue weighted by Crippen LogP contribution is 2.09. The number of piperidine rings is 1. The molecular formula is C10H20NO-. The van der Waals surface area contributed by atoms with Gasteiger partial charge in [-0.3, -0.25) is 0 Å². The van der Waals surface area contributed by atoms with Gasteiger partial charge in [0.05, 0.1) is 0 Å². The van der Waals surface area contributed by atoms with Gasteiger partial charge in [-0.15, -0.1) is 6.61 Å². The molecule has 2 nitrogen and oxygen atoms in total. The molecule has 2 heteroatoms. The van der Waals surface area contributed by atoms with Crippen LogP contribution in [0.2, 0.25) is 0 Å². The maximum Gasteiger partial charge on any atom is -0.00187 e. The van der Waals surface area contributed by atoms with Crippen LogP contribution in [-0.2, 0) is 0 Å². The standard InChI is InChI=1S/C10H20NO/c12-10-6-2-5-9-11-7-3-1-4-8-11/h1-10H2/q-1. The summed E-state index contributed by atoms with van der Waals surface area (Å²) in [4.78, 5) is 2.54. The van der Waals surface area contributed by atoms with Gasteiger partial charge in [-0.1, -0.05) is 19.3 Å². The first-order chi connectivity index (χ1) is 5.93. The molecule has 0 N–H and O–H groups in total. The summed E-state index contributed by atoms with van der Waals surface area (Å²) >= 11 is 0. The van der Waals surface area contributed by atoms with Crippen molar-refractivity contribution in [2.75, 3.05) is 26.2 Å². The molecule has 0 unspecified atom stereocenters. The molecule has 0 aliphatic carbocycles. The Bertz CT molecular complexity index is 100. The third-order valence-electron chi connectivity index (χ3n) is 2.57. The minimum atomic E-state index is 0.111. The van der Waals surface area contributed by atoms with E-state index >= 15 is 0 Å². The predicted octanol–water partition coefficient (Wildman–Crippen LogP) is 1.00. The minimum absolute atomic E-state index is 0.111. The molecule has 0 aromatic carbocycles. The van der Waals surface area contributed by atoms with Crippen LogP contribution in [0.1, 0.15) is 38.5 Å². The molecule has 72 valence electrons. The Morgan fingerprint density at radius 2 is 1.67 bits per heavy atom. The van der Waals surface area contributed by atoms with Gasteiger partial charge >= 0.3 is 0 Å². The number of nitrogens with zero attached hydrogens (tertiary/aromatic N) is 1. The first kappa shape index (κ1) is 10.0. The Morgan fingerprint density at radius 3 is 2.33 bits per heavy atom. The SMILES string of the molecule is [O-]CCCCCN1CCCCC1. The number of likely N-dealkylation sites (tertiary alicyclic amines) is 1. The van der Waals surface area contributed by atoms with Crippen LogP contribution in [0.25, 0.3) is 0 Å². The molecule has 0 radical (unpaired) electrons. The van der Waals surface area contributed by atoms with Crippen molar-refractivity contribution in [3.63, 3.8) is 0 Å². The lowest BCUT2D eigenvalue weighted by Gasteiger charge is -2.26. The van der Waals surface area contributed by atoms with Gasteiger partial charge in [0.25, 0.3) is 0 Å². The van der Waals surface area contributed by atoms with Crippen molar-refractivity contribution in [1.29, 1.82) is 0 Å². The third-order valence-corrected chi connectivity index (χ3v) is 2.57. The monoisotopic (exact) mass is 170 g/mol. The van der Waals surface area contributed by atoms with Crippen molar-refractivity contribution in [2.45, 2.75) is 38.5 Å². The van der Waals surface area contributed by atoms with Crippen LogP contribution in [0.5, 0.6) is 0 Å². The van der Waals surface area contributed by atoms with Gasteiger partial charge in [0, 0.05) is 0 Å². The number of hydrogen-bond acceptors (Lipinski definition) is 2. The van der Waals surface area contributed by atoms with Crippen LogP contribution < -0.4 is 5.11 Å². The normalized spacial score (nSPS) is 19.8. The lowest BCUT2D eigenvalue weighted by Crippen LogP contribution is -2.30. The van der Waals surface area contributed by atoms with E-state index in [4.69, 9.17) is 0 Å². The second kappa shape index (κ2) is 6.44. The molecule has 0 aromatic rings. The molecule has 1 saturated heterocycles. The highest BCUT2D eigenvalue weighted by atomic mass is 16.2. The Kier molecular flexibility index (Phi) is 5.37. The second-order valence-electron chi connectivity index (χ2n) is 3.67. The molecule has 1 rings (SSSR count). The Hall–Kier alpha value is -0.0800. The van der Waals surface area contributed by atoms with Crippen molar-refractivity contribution >= 4 is 0 Å². The first-order valence-electron chi connectivity index (χ1n) is 5.24. The van der Waals surface area contributed by atoms with Gasteiger partial charge in [0.2, 0.25) is 0 Å². The van der Waals surface area contributed by atoms with E-state index in [9.17, 15) is 5.11 Å². The summed E-state index contributed by atoms with van der Waals surface area (Å²) in [5.41, 5.74) is 0. The van der Waals surface area contributed by atoms with E-state index in [-0.39, 0.29) is 6.61 Å². The molecule has 1 aliphatic heterocycles. The van der Waals surface area contributed by atoms with Crippen molar-refractivity contribution in [3.05, 3.63) is 0 Å². The minimum Gasteiger partial charge on any atom is -0.854 e. The molecule has 12 heavy (non-hydrogen) atoms. The maximum absolute atomic E-state index is 10.2. The van der Waals surface area contributed by atoms with E-state index in [0.717, 1.165) is 12.8 Å². The molecule has 1 heterocycles. The molecule has 0 atom stereocenters. The van der Waals surface area contributed by atoms with Crippen molar-refractivity contribution in [1.82, 2.24) is 4.90 Å². The van der Waals surface area contributed by atoms with Crippen LogP contribution in [0.4, 0.5) is 0 Å². The van der Waals surface area contributed by atoms with Crippen LogP contribution in [0, 0.1) is 0 Å². The highest BCUT2D eigenvalue weighted by Gasteiger charge is 2.08. The average molecular weight is 170 g/mol. The predicted molar refractivity (Wildman–Crippen MR) is 49.0 cm³/mol. The highest BCUT2D eigenvalue weighted by molar-refractivity contribution is 4.63. The molecule has 1 fully saturated rings. The Balaban J connectivity index is 1.91. The summed E-state index contributed by atoms with van der Waals surface area (Å²) in [7, 11) is 0. The van der Waals surface area contributed by atoms with Crippen LogP contribution in [0.15, 0.2) is 0 Å². The summed E-state index contributed by atoms with van der Waals surface area (Å²) in [6.45, 7) is 3.91. The lowest BCUT2D eigenvalue weighted by atomic mass is 10.1. The van der Waals surface area contributed by atoms with Crippen molar-refractivity contribution in [3.8, 4) is 0 Å².